The Hall–Kier alpha value is -3.43. The molecule has 1 fully saturated rings. The number of para-hydroxylation sites is 1. The maximum absolute atomic E-state index is 14.2. The van der Waals surface area contributed by atoms with E-state index >= 15 is 0 Å². The first-order chi connectivity index (χ1) is 16.1. The number of nitrogens with zero attached hydrogens (tertiary/aromatic N) is 3. The number of piperidine rings is 1. The molecule has 0 bridgehead atoms. The van der Waals surface area contributed by atoms with Crippen molar-refractivity contribution in [1.29, 1.82) is 0 Å². The van der Waals surface area contributed by atoms with Gasteiger partial charge in [-0.3, -0.25) is 9.59 Å². The summed E-state index contributed by atoms with van der Waals surface area (Å²) in [5, 5.41) is 9.61. The largest absolute Gasteiger partial charge is 0.444 e. The molecule has 1 saturated heterocycles. The Kier molecular flexibility index (Phi) is 7.90. The zero-order valence-corrected chi connectivity index (χ0v) is 20.1. The van der Waals surface area contributed by atoms with E-state index in [1.165, 1.54) is 16.9 Å². The van der Waals surface area contributed by atoms with Crippen molar-refractivity contribution in [2.45, 2.75) is 46.1 Å². The summed E-state index contributed by atoms with van der Waals surface area (Å²) < 4.78 is 20.7. The van der Waals surface area contributed by atoms with E-state index in [0.717, 1.165) is 0 Å². The van der Waals surface area contributed by atoms with E-state index in [1.807, 2.05) is 0 Å². The molecule has 1 aromatic heterocycles. The first kappa shape index (κ1) is 25.2. The van der Waals surface area contributed by atoms with Gasteiger partial charge in [-0.2, -0.15) is 5.10 Å². The third-order valence-corrected chi connectivity index (χ3v) is 5.49. The predicted octanol–water partition coefficient (Wildman–Crippen LogP) is 2.81. The van der Waals surface area contributed by atoms with Crippen molar-refractivity contribution < 1.29 is 23.5 Å². The van der Waals surface area contributed by atoms with E-state index in [-0.39, 0.29) is 43.1 Å². The first-order valence-electron chi connectivity index (χ1n) is 11.4. The normalized spacial score (nSPS) is 16.1. The summed E-state index contributed by atoms with van der Waals surface area (Å²) in [6, 6.07) is 6.24. The molecule has 1 atom stereocenters. The second-order valence-corrected chi connectivity index (χ2v) is 9.32. The summed E-state index contributed by atoms with van der Waals surface area (Å²) >= 11 is 0. The number of halogens is 1. The van der Waals surface area contributed by atoms with Gasteiger partial charge in [-0.15, -0.1) is 0 Å². The van der Waals surface area contributed by atoms with Crippen molar-refractivity contribution in [3.63, 3.8) is 0 Å². The van der Waals surface area contributed by atoms with Gasteiger partial charge in [0.15, 0.2) is 0 Å². The van der Waals surface area contributed by atoms with Crippen LogP contribution in [0.15, 0.2) is 30.5 Å². The molecule has 1 unspecified atom stereocenters. The number of ether oxygens (including phenoxy) is 1. The molecule has 1 aliphatic rings. The molecule has 9 nitrogen and oxygen atoms in total. The van der Waals surface area contributed by atoms with Gasteiger partial charge < -0.3 is 20.3 Å². The molecule has 0 radical (unpaired) electrons. The van der Waals surface area contributed by atoms with Crippen molar-refractivity contribution in [3.05, 3.63) is 47.5 Å². The van der Waals surface area contributed by atoms with E-state index in [4.69, 9.17) is 4.74 Å². The average Bonchev–Trinajstić information content (AvgIpc) is 3.16. The van der Waals surface area contributed by atoms with Crippen molar-refractivity contribution in [3.8, 4) is 5.69 Å². The minimum Gasteiger partial charge on any atom is -0.444 e. The Bertz CT molecular complexity index is 1050. The highest BCUT2D eigenvalue weighted by atomic mass is 19.1. The molecular weight excluding hydrogens is 441 g/mol. The van der Waals surface area contributed by atoms with Crippen LogP contribution in [0.4, 0.5) is 9.18 Å². The summed E-state index contributed by atoms with van der Waals surface area (Å²) in [6.07, 6.45) is 2.27. The topological polar surface area (TPSA) is 106 Å². The molecular formula is C24H32FN5O4. The molecule has 3 amide bonds. The molecule has 2 aromatic rings. The van der Waals surface area contributed by atoms with Gasteiger partial charge in [0.2, 0.25) is 5.91 Å². The number of amides is 3. The molecule has 2 heterocycles. The molecule has 0 aliphatic carbocycles. The first-order valence-corrected chi connectivity index (χ1v) is 11.4. The number of likely N-dealkylation sites (tertiary alicyclic amines) is 1. The summed E-state index contributed by atoms with van der Waals surface area (Å²) in [6.45, 7) is 8.37. The summed E-state index contributed by atoms with van der Waals surface area (Å²) in [5.74, 6) is -1.17. The van der Waals surface area contributed by atoms with Gasteiger partial charge in [-0.05, 0) is 52.7 Å². The average molecular weight is 474 g/mol. The van der Waals surface area contributed by atoms with Crippen molar-refractivity contribution in [2.24, 2.45) is 5.92 Å². The molecule has 3 rings (SSSR count). The van der Waals surface area contributed by atoms with Crippen LogP contribution in [-0.4, -0.2) is 64.4 Å². The van der Waals surface area contributed by atoms with Crippen molar-refractivity contribution >= 4 is 17.9 Å². The lowest BCUT2D eigenvalue weighted by Crippen LogP contribution is -2.46. The van der Waals surface area contributed by atoms with Crippen LogP contribution in [-0.2, 0) is 9.53 Å². The third-order valence-electron chi connectivity index (χ3n) is 5.49. The Morgan fingerprint density at radius 1 is 1.18 bits per heavy atom. The van der Waals surface area contributed by atoms with Crippen LogP contribution in [0, 0.1) is 18.7 Å². The number of benzene rings is 1. The zero-order valence-electron chi connectivity index (χ0n) is 20.1. The van der Waals surface area contributed by atoms with Gasteiger partial charge in [0.25, 0.3) is 5.91 Å². The fourth-order valence-electron chi connectivity index (χ4n) is 3.84. The monoisotopic (exact) mass is 473 g/mol. The molecule has 1 aliphatic heterocycles. The number of carbonyl (C=O) groups excluding carboxylic acids is 3. The zero-order chi connectivity index (χ0) is 24.9. The van der Waals surface area contributed by atoms with E-state index in [0.29, 0.717) is 30.6 Å². The number of carbonyl (C=O) groups is 3. The second-order valence-electron chi connectivity index (χ2n) is 9.32. The van der Waals surface area contributed by atoms with Crippen LogP contribution in [0.1, 0.15) is 49.7 Å². The van der Waals surface area contributed by atoms with Gasteiger partial charge in [0.05, 0.1) is 23.4 Å². The van der Waals surface area contributed by atoms with Gasteiger partial charge in [-0.1, -0.05) is 12.1 Å². The summed E-state index contributed by atoms with van der Waals surface area (Å²) in [7, 11) is 0. The Morgan fingerprint density at radius 3 is 2.59 bits per heavy atom. The fraction of sp³-hybridized carbons (Fsp3) is 0.500. The lowest BCUT2D eigenvalue weighted by molar-refractivity contribution is -0.126. The van der Waals surface area contributed by atoms with E-state index in [1.54, 1.807) is 50.8 Å². The molecule has 184 valence electrons. The molecule has 1 aromatic carbocycles. The van der Waals surface area contributed by atoms with Crippen molar-refractivity contribution in [1.82, 2.24) is 25.3 Å². The fourth-order valence-corrected chi connectivity index (χ4v) is 3.84. The molecule has 34 heavy (non-hydrogen) atoms. The Morgan fingerprint density at radius 2 is 1.88 bits per heavy atom. The minimum atomic E-state index is -0.588. The van der Waals surface area contributed by atoms with Crippen LogP contribution < -0.4 is 10.6 Å². The number of hydrogen-bond acceptors (Lipinski definition) is 5. The highest BCUT2D eigenvalue weighted by Gasteiger charge is 2.30. The van der Waals surface area contributed by atoms with Gasteiger partial charge in [0.1, 0.15) is 17.1 Å². The minimum absolute atomic E-state index is 0.165. The summed E-state index contributed by atoms with van der Waals surface area (Å²) in [4.78, 5) is 39.1. The maximum Gasteiger partial charge on any atom is 0.407 e. The SMILES string of the molecule is Cc1c(C(=O)N2CCCC(C(=O)NCCNC(=O)OC(C)(C)C)C2)cnn1-c1ccccc1F. The van der Waals surface area contributed by atoms with E-state index in [2.05, 4.69) is 15.7 Å². The lowest BCUT2D eigenvalue weighted by Gasteiger charge is -2.32. The van der Waals surface area contributed by atoms with Gasteiger partial charge in [0, 0.05) is 26.2 Å². The smallest absolute Gasteiger partial charge is 0.407 e. The van der Waals surface area contributed by atoms with Crippen LogP contribution in [0.3, 0.4) is 0 Å². The number of aromatic nitrogens is 2. The number of hydrogen-bond donors (Lipinski definition) is 2. The van der Waals surface area contributed by atoms with Crippen LogP contribution in [0.2, 0.25) is 0 Å². The number of alkyl carbamates (subject to hydrolysis) is 1. The Balaban J connectivity index is 1.54. The Labute approximate surface area is 198 Å². The highest BCUT2D eigenvalue weighted by Crippen LogP contribution is 2.22. The van der Waals surface area contributed by atoms with Gasteiger partial charge >= 0.3 is 6.09 Å². The molecule has 10 heteroatoms. The van der Waals surface area contributed by atoms with E-state index < -0.39 is 17.5 Å². The molecule has 0 saturated carbocycles. The number of nitrogens with one attached hydrogen (secondary N) is 2. The van der Waals surface area contributed by atoms with Gasteiger partial charge in [-0.25, -0.2) is 13.9 Å². The highest BCUT2D eigenvalue weighted by molar-refractivity contribution is 5.95. The van der Waals surface area contributed by atoms with Crippen molar-refractivity contribution in [2.75, 3.05) is 26.2 Å². The standard InChI is InChI=1S/C24H32FN5O4/c1-16-18(14-28-30(16)20-10-6-5-9-19(20)25)22(32)29-13-7-8-17(15-29)21(31)26-11-12-27-23(33)34-24(2,3)4/h5-6,9-10,14,17H,7-8,11-13,15H2,1-4H3,(H,26,31)(H,27,33). The van der Waals surface area contributed by atoms with Crippen LogP contribution in [0.5, 0.6) is 0 Å². The predicted molar refractivity (Wildman–Crippen MR) is 124 cm³/mol. The van der Waals surface area contributed by atoms with Crippen LogP contribution in [0.25, 0.3) is 5.69 Å². The third kappa shape index (κ3) is 6.33. The number of rotatable bonds is 6. The second kappa shape index (κ2) is 10.7. The summed E-state index contributed by atoms with van der Waals surface area (Å²) in [5.41, 5.74) is 0.603. The molecule has 0 spiro atoms. The quantitative estimate of drug-likeness (QED) is 0.628. The molecule has 2 N–H and O–H groups in total. The van der Waals surface area contributed by atoms with E-state index in [9.17, 15) is 18.8 Å². The van der Waals surface area contributed by atoms with Crippen LogP contribution >= 0.6 is 0 Å². The maximum atomic E-state index is 14.2. The lowest BCUT2D eigenvalue weighted by atomic mass is 9.96.